The van der Waals surface area contributed by atoms with E-state index in [9.17, 15) is 21.6 Å². The molecule has 0 amide bonds. The van der Waals surface area contributed by atoms with Gasteiger partial charge < -0.3 is 0 Å². The van der Waals surface area contributed by atoms with Crippen molar-refractivity contribution in [3.63, 3.8) is 0 Å². The first-order chi connectivity index (χ1) is 5.10. The van der Waals surface area contributed by atoms with Gasteiger partial charge in [-0.15, -0.1) is 0 Å². The standard InChI is InChI=1S/C5H10F3NO2S/c1-4(3-5(6,7)8)9-12(2,10)11/h4,9H,3H2,1-2H3. The van der Waals surface area contributed by atoms with Crippen LogP contribution in [0.4, 0.5) is 13.2 Å². The van der Waals surface area contributed by atoms with Gasteiger partial charge in [0.25, 0.3) is 0 Å². The van der Waals surface area contributed by atoms with E-state index in [1.807, 2.05) is 4.72 Å². The maximum atomic E-state index is 11.6. The zero-order valence-corrected chi connectivity index (χ0v) is 7.46. The Morgan fingerprint density at radius 1 is 1.42 bits per heavy atom. The number of rotatable bonds is 3. The molecular weight excluding hydrogens is 195 g/mol. The SMILES string of the molecule is CC(CC(F)(F)F)NS(C)(=O)=O. The Labute approximate surface area is 69.0 Å². The highest BCUT2D eigenvalue weighted by atomic mass is 32.2. The molecule has 0 aliphatic heterocycles. The number of alkyl halides is 3. The molecule has 0 rings (SSSR count). The Hall–Kier alpha value is -0.300. The molecule has 0 radical (unpaired) electrons. The smallest absolute Gasteiger partial charge is 0.213 e. The summed E-state index contributed by atoms with van der Waals surface area (Å²) in [4.78, 5) is 0. The third-order valence-electron chi connectivity index (χ3n) is 0.953. The molecule has 3 nitrogen and oxygen atoms in total. The average molecular weight is 205 g/mol. The van der Waals surface area contributed by atoms with E-state index in [4.69, 9.17) is 0 Å². The molecule has 0 aromatic heterocycles. The number of halogens is 3. The molecule has 74 valence electrons. The van der Waals surface area contributed by atoms with Gasteiger partial charge >= 0.3 is 6.18 Å². The van der Waals surface area contributed by atoms with E-state index < -0.39 is 28.7 Å². The summed E-state index contributed by atoms with van der Waals surface area (Å²) >= 11 is 0. The highest BCUT2D eigenvalue weighted by Gasteiger charge is 2.30. The maximum Gasteiger partial charge on any atom is 0.390 e. The first-order valence-corrected chi connectivity index (χ1v) is 5.03. The maximum absolute atomic E-state index is 11.6. The molecule has 1 N–H and O–H groups in total. The molecule has 0 bridgehead atoms. The highest BCUT2D eigenvalue weighted by molar-refractivity contribution is 7.88. The highest BCUT2D eigenvalue weighted by Crippen LogP contribution is 2.21. The van der Waals surface area contributed by atoms with E-state index in [1.165, 1.54) is 0 Å². The van der Waals surface area contributed by atoms with Crippen LogP contribution in [0.1, 0.15) is 13.3 Å². The van der Waals surface area contributed by atoms with Crippen molar-refractivity contribution >= 4 is 10.0 Å². The Bertz CT molecular complexity index is 234. The molecule has 0 aromatic carbocycles. The van der Waals surface area contributed by atoms with Crippen LogP contribution in [0.25, 0.3) is 0 Å². The summed E-state index contributed by atoms with van der Waals surface area (Å²) in [6, 6.07) is -1.11. The Kier molecular flexibility index (Phi) is 3.52. The van der Waals surface area contributed by atoms with E-state index in [2.05, 4.69) is 0 Å². The van der Waals surface area contributed by atoms with Crippen LogP contribution >= 0.6 is 0 Å². The van der Waals surface area contributed by atoms with Crippen LogP contribution in [0.3, 0.4) is 0 Å². The van der Waals surface area contributed by atoms with Crippen molar-refractivity contribution in [2.75, 3.05) is 6.26 Å². The van der Waals surface area contributed by atoms with Gasteiger partial charge in [0.15, 0.2) is 0 Å². The van der Waals surface area contributed by atoms with Crippen molar-refractivity contribution in [1.82, 2.24) is 4.72 Å². The van der Waals surface area contributed by atoms with Crippen molar-refractivity contribution in [1.29, 1.82) is 0 Å². The molecule has 0 saturated heterocycles. The van der Waals surface area contributed by atoms with Crippen LogP contribution in [0.5, 0.6) is 0 Å². The van der Waals surface area contributed by atoms with Crippen molar-refractivity contribution in [3.8, 4) is 0 Å². The molecule has 1 atom stereocenters. The molecule has 0 saturated carbocycles. The minimum atomic E-state index is -4.34. The number of hydrogen-bond acceptors (Lipinski definition) is 2. The molecule has 0 aliphatic carbocycles. The lowest BCUT2D eigenvalue weighted by molar-refractivity contribution is -0.137. The first-order valence-electron chi connectivity index (χ1n) is 3.14. The Morgan fingerprint density at radius 2 is 1.83 bits per heavy atom. The number of hydrogen-bond donors (Lipinski definition) is 1. The second-order valence-corrected chi connectivity index (χ2v) is 4.39. The van der Waals surface area contributed by atoms with E-state index in [0.29, 0.717) is 0 Å². The van der Waals surface area contributed by atoms with Gasteiger partial charge in [-0.1, -0.05) is 0 Å². The fourth-order valence-electron chi connectivity index (χ4n) is 0.754. The lowest BCUT2D eigenvalue weighted by Gasteiger charge is -2.13. The largest absolute Gasteiger partial charge is 0.390 e. The zero-order chi connectivity index (χ0) is 9.99. The number of sulfonamides is 1. The lowest BCUT2D eigenvalue weighted by atomic mass is 10.2. The predicted molar refractivity (Wildman–Crippen MR) is 38.1 cm³/mol. The Balaban J connectivity index is 4.00. The first kappa shape index (κ1) is 11.7. The van der Waals surface area contributed by atoms with Crippen LogP contribution in [-0.4, -0.2) is 26.9 Å². The molecule has 7 heteroatoms. The van der Waals surface area contributed by atoms with Gasteiger partial charge in [0.05, 0.1) is 12.7 Å². The van der Waals surface area contributed by atoms with Gasteiger partial charge in [-0.3, -0.25) is 0 Å². The molecule has 0 aromatic rings. The molecule has 0 aliphatic rings. The fourth-order valence-corrected chi connectivity index (χ4v) is 1.57. The van der Waals surface area contributed by atoms with Crippen LogP contribution in [0, 0.1) is 0 Å². The van der Waals surface area contributed by atoms with E-state index >= 15 is 0 Å². The lowest BCUT2D eigenvalue weighted by Crippen LogP contribution is -2.35. The van der Waals surface area contributed by atoms with Crippen molar-refractivity contribution in [2.24, 2.45) is 0 Å². The van der Waals surface area contributed by atoms with Gasteiger partial charge in [0.2, 0.25) is 10.0 Å². The Morgan fingerprint density at radius 3 is 2.08 bits per heavy atom. The quantitative estimate of drug-likeness (QED) is 0.743. The van der Waals surface area contributed by atoms with Gasteiger partial charge in [-0.25, -0.2) is 13.1 Å². The van der Waals surface area contributed by atoms with Crippen molar-refractivity contribution in [3.05, 3.63) is 0 Å². The zero-order valence-electron chi connectivity index (χ0n) is 6.64. The number of nitrogens with one attached hydrogen (secondary N) is 1. The summed E-state index contributed by atoms with van der Waals surface area (Å²) < 4.78 is 57.7. The summed E-state index contributed by atoms with van der Waals surface area (Å²) in [6.45, 7) is 1.16. The second-order valence-electron chi connectivity index (χ2n) is 2.61. The molecular formula is C5H10F3NO2S. The fraction of sp³-hybridized carbons (Fsp3) is 1.00. The van der Waals surface area contributed by atoms with Gasteiger partial charge in [0.1, 0.15) is 0 Å². The van der Waals surface area contributed by atoms with Crippen LogP contribution in [0.15, 0.2) is 0 Å². The van der Waals surface area contributed by atoms with Gasteiger partial charge in [-0.2, -0.15) is 13.2 Å². The molecule has 0 spiro atoms. The van der Waals surface area contributed by atoms with Crippen molar-refractivity contribution in [2.45, 2.75) is 25.6 Å². The van der Waals surface area contributed by atoms with Crippen LogP contribution in [0.2, 0.25) is 0 Å². The van der Waals surface area contributed by atoms with Gasteiger partial charge in [0, 0.05) is 6.04 Å². The minimum absolute atomic E-state index is 0.819. The third kappa shape index (κ3) is 7.80. The molecule has 12 heavy (non-hydrogen) atoms. The third-order valence-corrected chi connectivity index (χ3v) is 1.78. The van der Waals surface area contributed by atoms with E-state index in [-0.39, 0.29) is 0 Å². The normalized spacial score (nSPS) is 16.1. The van der Waals surface area contributed by atoms with E-state index in [0.717, 1.165) is 13.2 Å². The summed E-state index contributed by atoms with van der Waals surface area (Å²) in [5.74, 6) is 0. The van der Waals surface area contributed by atoms with Crippen LogP contribution < -0.4 is 4.72 Å². The van der Waals surface area contributed by atoms with Gasteiger partial charge in [-0.05, 0) is 6.92 Å². The van der Waals surface area contributed by atoms with E-state index in [1.54, 1.807) is 0 Å². The summed E-state index contributed by atoms with van der Waals surface area (Å²) in [5, 5.41) is 0. The molecule has 1 unspecified atom stereocenters. The summed E-state index contributed by atoms with van der Waals surface area (Å²) in [7, 11) is -3.55. The summed E-state index contributed by atoms with van der Waals surface area (Å²) in [6.07, 6.45) is -4.67. The molecule has 0 heterocycles. The van der Waals surface area contributed by atoms with Crippen LogP contribution in [-0.2, 0) is 10.0 Å². The monoisotopic (exact) mass is 205 g/mol. The van der Waals surface area contributed by atoms with Crippen molar-refractivity contribution < 1.29 is 21.6 Å². The molecule has 0 fully saturated rings. The predicted octanol–water partition coefficient (Wildman–Crippen LogP) is 0.877. The topological polar surface area (TPSA) is 46.2 Å². The minimum Gasteiger partial charge on any atom is -0.213 e. The average Bonchev–Trinajstić information content (AvgIpc) is 1.49. The summed E-state index contributed by atoms with van der Waals surface area (Å²) in [5.41, 5.74) is 0. The second kappa shape index (κ2) is 3.61.